The molecule has 0 amide bonds. The van der Waals surface area contributed by atoms with Crippen molar-refractivity contribution in [2.45, 2.75) is 0 Å². The summed E-state index contributed by atoms with van der Waals surface area (Å²) in [5, 5.41) is 7.97. The number of nitrogens with zero attached hydrogens (tertiary/aromatic N) is 2. The molecular formula is C14H8ClFN2OS. The lowest BCUT2D eigenvalue weighted by molar-refractivity contribution is 0.410. The van der Waals surface area contributed by atoms with Gasteiger partial charge in [-0.15, -0.1) is 0 Å². The third kappa shape index (κ3) is 2.79. The van der Waals surface area contributed by atoms with E-state index in [4.69, 9.17) is 16.1 Å². The van der Waals surface area contributed by atoms with Gasteiger partial charge in [-0.05, 0) is 35.2 Å². The van der Waals surface area contributed by atoms with E-state index in [0.29, 0.717) is 11.4 Å². The Hall–Kier alpha value is -1.98. The molecule has 0 fully saturated rings. The van der Waals surface area contributed by atoms with Crippen LogP contribution in [0, 0.1) is 5.82 Å². The Kier molecular flexibility index (Phi) is 3.62. The Bertz CT molecular complexity index is 752. The van der Waals surface area contributed by atoms with Crippen molar-refractivity contribution >= 4 is 34.0 Å². The average Bonchev–Trinajstić information content (AvgIpc) is 3.10. The molecule has 3 rings (SSSR count). The second kappa shape index (κ2) is 5.56. The monoisotopic (exact) mass is 306 g/mol. The molecule has 20 heavy (non-hydrogen) atoms. The summed E-state index contributed by atoms with van der Waals surface area (Å²) in [6, 6.07) is 7.98. The SMILES string of the molecule is Fc1cccc(/C=C(/Cl)c2nc(-c3ccsc3)no2)c1. The number of aromatic nitrogens is 2. The fraction of sp³-hybridized carbons (Fsp3) is 0. The van der Waals surface area contributed by atoms with Crippen molar-refractivity contribution in [3.63, 3.8) is 0 Å². The largest absolute Gasteiger partial charge is 0.333 e. The molecule has 6 heteroatoms. The Morgan fingerprint density at radius 3 is 3.00 bits per heavy atom. The number of thiophene rings is 1. The van der Waals surface area contributed by atoms with Gasteiger partial charge in [0, 0.05) is 10.9 Å². The Morgan fingerprint density at radius 2 is 2.25 bits per heavy atom. The molecule has 3 aromatic rings. The smallest absolute Gasteiger partial charge is 0.269 e. The van der Waals surface area contributed by atoms with Crippen LogP contribution in [0.5, 0.6) is 0 Å². The Labute approximate surface area is 123 Å². The minimum atomic E-state index is -0.326. The second-order valence-corrected chi connectivity index (χ2v) is 5.17. The minimum Gasteiger partial charge on any atom is -0.333 e. The highest BCUT2D eigenvalue weighted by Gasteiger charge is 2.11. The molecule has 0 radical (unpaired) electrons. The minimum absolute atomic E-state index is 0.206. The van der Waals surface area contributed by atoms with Crippen molar-refractivity contribution < 1.29 is 8.91 Å². The van der Waals surface area contributed by atoms with Gasteiger partial charge in [-0.25, -0.2) is 4.39 Å². The van der Waals surface area contributed by atoms with Crippen LogP contribution in [0.4, 0.5) is 4.39 Å². The standard InChI is InChI=1S/C14H8ClFN2OS/c15-12(7-9-2-1-3-11(16)6-9)14-17-13(18-19-14)10-4-5-20-8-10/h1-8H/b12-7+. The summed E-state index contributed by atoms with van der Waals surface area (Å²) in [6.07, 6.45) is 1.58. The molecule has 0 saturated carbocycles. The molecule has 2 aromatic heterocycles. The van der Waals surface area contributed by atoms with Gasteiger partial charge in [0.25, 0.3) is 5.89 Å². The lowest BCUT2D eigenvalue weighted by Crippen LogP contribution is -1.80. The van der Waals surface area contributed by atoms with Crippen LogP contribution in [0.2, 0.25) is 0 Å². The van der Waals surface area contributed by atoms with Crippen LogP contribution >= 0.6 is 22.9 Å². The van der Waals surface area contributed by atoms with E-state index in [-0.39, 0.29) is 16.7 Å². The van der Waals surface area contributed by atoms with Crippen LogP contribution in [0.3, 0.4) is 0 Å². The highest BCUT2D eigenvalue weighted by Crippen LogP contribution is 2.25. The highest BCUT2D eigenvalue weighted by atomic mass is 35.5. The number of hydrogen-bond donors (Lipinski definition) is 0. The first kappa shape index (κ1) is 13.0. The van der Waals surface area contributed by atoms with Crippen LogP contribution in [0.15, 0.2) is 45.6 Å². The van der Waals surface area contributed by atoms with Gasteiger partial charge < -0.3 is 4.52 Å². The van der Waals surface area contributed by atoms with Crippen LogP contribution < -0.4 is 0 Å². The zero-order chi connectivity index (χ0) is 13.9. The summed E-state index contributed by atoms with van der Waals surface area (Å²) < 4.78 is 18.2. The van der Waals surface area contributed by atoms with E-state index in [1.807, 2.05) is 16.8 Å². The summed E-state index contributed by atoms with van der Waals surface area (Å²) in [4.78, 5) is 4.21. The van der Waals surface area contributed by atoms with E-state index >= 15 is 0 Å². The molecule has 0 N–H and O–H groups in total. The molecule has 0 aliphatic rings. The zero-order valence-electron chi connectivity index (χ0n) is 10.1. The van der Waals surface area contributed by atoms with Crippen LogP contribution in [0.25, 0.3) is 22.5 Å². The number of rotatable bonds is 3. The van der Waals surface area contributed by atoms with Crippen molar-refractivity contribution in [1.29, 1.82) is 0 Å². The lowest BCUT2D eigenvalue weighted by atomic mass is 10.2. The summed E-state index contributed by atoms with van der Waals surface area (Å²) in [5.74, 6) is 0.358. The molecule has 3 nitrogen and oxygen atoms in total. The topological polar surface area (TPSA) is 38.9 Å². The molecule has 2 heterocycles. The molecule has 1 aromatic carbocycles. The van der Waals surface area contributed by atoms with Gasteiger partial charge in [0.2, 0.25) is 5.82 Å². The number of hydrogen-bond acceptors (Lipinski definition) is 4. The molecule has 0 spiro atoms. The van der Waals surface area contributed by atoms with Crippen LogP contribution in [-0.4, -0.2) is 10.1 Å². The maximum atomic E-state index is 13.1. The van der Waals surface area contributed by atoms with Crippen molar-refractivity contribution in [3.8, 4) is 11.4 Å². The summed E-state index contributed by atoms with van der Waals surface area (Å²) in [5.41, 5.74) is 1.51. The first-order valence-electron chi connectivity index (χ1n) is 5.72. The predicted molar refractivity (Wildman–Crippen MR) is 77.7 cm³/mol. The normalized spacial score (nSPS) is 11.8. The maximum absolute atomic E-state index is 13.1. The van der Waals surface area contributed by atoms with Crippen molar-refractivity contribution in [2.24, 2.45) is 0 Å². The van der Waals surface area contributed by atoms with Gasteiger partial charge in [-0.3, -0.25) is 0 Å². The third-order valence-electron chi connectivity index (χ3n) is 2.55. The molecule has 0 bridgehead atoms. The van der Waals surface area contributed by atoms with Crippen molar-refractivity contribution in [2.75, 3.05) is 0 Å². The van der Waals surface area contributed by atoms with Gasteiger partial charge in [-0.1, -0.05) is 28.9 Å². The number of halogens is 2. The van der Waals surface area contributed by atoms with Crippen LogP contribution in [-0.2, 0) is 0 Å². The van der Waals surface area contributed by atoms with Gasteiger partial charge in [0.05, 0.1) is 0 Å². The van der Waals surface area contributed by atoms with E-state index in [9.17, 15) is 4.39 Å². The van der Waals surface area contributed by atoms with Gasteiger partial charge in [0.1, 0.15) is 10.8 Å². The van der Waals surface area contributed by atoms with E-state index in [1.54, 1.807) is 29.5 Å². The first-order chi connectivity index (χ1) is 9.72. The highest BCUT2D eigenvalue weighted by molar-refractivity contribution is 7.08. The average molecular weight is 307 g/mol. The lowest BCUT2D eigenvalue weighted by Gasteiger charge is -1.94. The second-order valence-electron chi connectivity index (χ2n) is 3.98. The van der Waals surface area contributed by atoms with Crippen LogP contribution in [0.1, 0.15) is 11.5 Å². The van der Waals surface area contributed by atoms with Gasteiger partial charge in [-0.2, -0.15) is 16.3 Å². The Morgan fingerprint density at radius 1 is 1.35 bits per heavy atom. The van der Waals surface area contributed by atoms with E-state index < -0.39 is 0 Å². The molecular weight excluding hydrogens is 299 g/mol. The maximum Gasteiger partial charge on any atom is 0.269 e. The fourth-order valence-corrected chi connectivity index (χ4v) is 2.47. The molecule has 0 unspecified atom stereocenters. The predicted octanol–water partition coefficient (Wildman–Crippen LogP) is 4.67. The van der Waals surface area contributed by atoms with Crippen molar-refractivity contribution in [1.82, 2.24) is 10.1 Å². The summed E-state index contributed by atoms with van der Waals surface area (Å²) in [7, 11) is 0. The van der Waals surface area contributed by atoms with E-state index in [0.717, 1.165) is 5.56 Å². The molecule has 0 aliphatic heterocycles. The van der Waals surface area contributed by atoms with Crippen molar-refractivity contribution in [3.05, 3.63) is 58.4 Å². The first-order valence-corrected chi connectivity index (χ1v) is 7.04. The molecule has 0 atom stereocenters. The molecule has 100 valence electrons. The van der Waals surface area contributed by atoms with Gasteiger partial charge >= 0.3 is 0 Å². The fourth-order valence-electron chi connectivity index (χ4n) is 1.63. The van der Waals surface area contributed by atoms with E-state index in [1.165, 1.54) is 12.1 Å². The van der Waals surface area contributed by atoms with E-state index in [2.05, 4.69) is 10.1 Å². The van der Waals surface area contributed by atoms with Gasteiger partial charge in [0.15, 0.2) is 0 Å². The summed E-state index contributed by atoms with van der Waals surface area (Å²) in [6.45, 7) is 0. The Balaban J connectivity index is 1.89. The molecule has 0 saturated heterocycles. The quantitative estimate of drug-likeness (QED) is 0.705. The molecule has 0 aliphatic carbocycles. The number of benzene rings is 1. The summed E-state index contributed by atoms with van der Waals surface area (Å²) >= 11 is 7.66. The zero-order valence-corrected chi connectivity index (χ0v) is 11.7. The third-order valence-corrected chi connectivity index (χ3v) is 3.51.